The maximum absolute atomic E-state index is 11.1. The van der Waals surface area contributed by atoms with Crippen LogP contribution in [0.3, 0.4) is 0 Å². The van der Waals surface area contributed by atoms with Crippen LogP contribution in [0.25, 0.3) is 11.1 Å². The fraction of sp³-hybridized carbons (Fsp3) is 0.0741. The van der Waals surface area contributed by atoms with E-state index < -0.39 is 5.97 Å². The first kappa shape index (κ1) is 19.5. The summed E-state index contributed by atoms with van der Waals surface area (Å²) in [7, 11) is 0. The Kier molecular flexibility index (Phi) is 5.36. The van der Waals surface area contributed by atoms with E-state index in [0.29, 0.717) is 5.56 Å². The third-order valence-electron chi connectivity index (χ3n) is 5.18. The Bertz CT molecular complexity index is 1100. The van der Waals surface area contributed by atoms with Gasteiger partial charge in [-0.2, -0.15) is 0 Å². The minimum absolute atomic E-state index is 0.292. The van der Waals surface area contributed by atoms with Gasteiger partial charge in [-0.3, -0.25) is 0 Å². The van der Waals surface area contributed by atoms with Crippen molar-refractivity contribution in [2.45, 2.75) is 13.8 Å². The van der Waals surface area contributed by atoms with Crippen molar-refractivity contribution in [1.82, 2.24) is 0 Å². The molecule has 4 rings (SSSR count). The molecule has 0 saturated carbocycles. The Hall–Kier alpha value is -3.85. The summed E-state index contributed by atoms with van der Waals surface area (Å²) in [5.74, 6) is -0.913. The van der Waals surface area contributed by atoms with Crippen LogP contribution in [0.2, 0.25) is 0 Å². The molecule has 3 heteroatoms. The topological polar surface area (TPSA) is 40.5 Å². The van der Waals surface area contributed by atoms with Crippen LogP contribution in [0.4, 0.5) is 17.1 Å². The molecule has 4 aromatic carbocycles. The van der Waals surface area contributed by atoms with E-state index in [4.69, 9.17) is 5.11 Å². The normalized spacial score (nSPS) is 10.6. The van der Waals surface area contributed by atoms with E-state index >= 15 is 0 Å². The van der Waals surface area contributed by atoms with Crippen molar-refractivity contribution in [2.75, 3.05) is 4.90 Å². The molecule has 0 unspecified atom stereocenters. The molecule has 0 aromatic heterocycles. The molecule has 148 valence electrons. The molecule has 0 atom stereocenters. The molecule has 0 amide bonds. The SMILES string of the molecule is Cc1ccc(N(c2ccc(C)cc2)c2ccc(-c3ccc(C(=O)O)cc3)cc2)cc1. The number of hydrogen-bond donors (Lipinski definition) is 1. The average molecular weight is 393 g/mol. The monoisotopic (exact) mass is 393 g/mol. The Balaban J connectivity index is 1.71. The van der Waals surface area contributed by atoms with Crippen LogP contribution >= 0.6 is 0 Å². The lowest BCUT2D eigenvalue weighted by Crippen LogP contribution is -2.09. The number of aromatic carboxylic acids is 1. The van der Waals surface area contributed by atoms with Gasteiger partial charge in [-0.25, -0.2) is 4.79 Å². The van der Waals surface area contributed by atoms with Crippen LogP contribution in [0.5, 0.6) is 0 Å². The summed E-state index contributed by atoms with van der Waals surface area (Å²) >= 11 is 0. The van der Waals surface area contributed by atoms with Gasteiger partial charge in [0.15, 0.2) is 0 Å². The Morgan fingerprint density at radius 3 is 1.27 bits per heavy atom. The van der Waals surface area contributed by atoms with Crippen molar-refractivity contribution < 1.29 is 9.90 Å². The number of hydrogen-bond acceptors (Lipinski definition) is 2. The van der Waals surface area contributed by atoms with Gasteiger partial charge in [0.05, 0.1) is 5.56 Å². The molecule has 0 spiro atoms. The zero-order chi connectivity index (χ0) is 21.1. The second kappa shape index (κ2) is 8.26. The smallest absolute Gasteiger partial charge is 0.335 e. The fourth-order valence-corrected chi connectivity index (χ4v) is 3.44. The highest BCUT2D eigenvalue weighted by atomic mass is 16.4. The molecule has 0 radical (unpaired) electrons. The van der Waals surface area contributed by atoms with Crippen LogP contribution in [0, 0.1) is 13.8 Å². The van der Waals surface area contributed by atoms with Gasteiger partial charge in [-0.05, 0) is 73.5 Å². The maximum Gasteiger partial charge on any atom is 0.335 e. The van der Waals surface area contributed by atoms with E-state index in [9.17, 15) is 4.79 Å². The van der Waals surface area contributed by atoms with Gasteiger partial charge in [0.1, 0.15) is 0 Å². The number of rotatable bonds is 5. The number of carboxylic acids is 1. The molecule has 0 aliphatic rings. The second-order valence-electron chi connectivity index (χ2n) is 7.44. The number of anilines is 3. The van der Waals surface area contributed by atoms with Crippen LogP contribution in [0.15, 0.2) is 97.1 Å². The van der Waals surface area contributed by atoms with E-state index in [1.54, 1.807) is 12.1 Å². The standard InChI is InChI=1S/C27H23NO2/c1-19-3-13-24(14-4-19)28(25-15-5-20(2)6-16-25)26-17-11-22(12-18-26)21-7-9-23(10-8-21)27(29)30/h3-18H,1-2H3,(H,29,30). The van der Waals surface area contributed by atoms with Crippen LogP contribution in [-0.4, -0.2) is 11.1 Å². The molecular weight excluding hydrogens is 370 g/mol. The maximum atomic E-state index is 11.1. The minimum Gasteiger partial charge on any atom is -0.478 e. The molecule has 0 heterocycles. The van der Waals surface area contributed by atoms with E-state index in [1.807, 2.05) is 12.1 Å². The summed E-state index contributed by atoms with van der Waals surface area (Å²) in [5, 5.41) is 9.09. The van der Waals surface area contributed by atoms with Gasteiger partial charge in [-0.1, -0.05) is 59.7 Å². The van der Waals surface area contributed by atoms with Gasteiger partial charge in [-0.15, -0.1) is 0 Å². The van der Waals surface area contributed by atoms with Gasteiger partial charge >= 0.3 is 5.97 Å². The van der Waals surface area contributed by atoms with Gasteiger partial charge in [0, 0.05) is 17.1 Å². The van der Waals surface area contributed by atoms with E-state index in [1.165, 1.54) is 11.1 Å². The summed E-state index contributed by atoms with van der Waals surface area (Å²) in [5.41, 5.74) is 8.04. The molecule has 0 aliphatic carbocycles. The molecule has 0 bridgehead atoms. The van der Waals surface area contributed by atoms with Crippen molar-refractivity contribution in [3.05, 3.63) is 114 Å². The third-order valence-corrected chi connectivity index (χ3v) is 5.18. The number of carboxylic acid groups (broad SMARTS) is 1. The quantitative estimate of drug-likeness (QED) is 0.392. The fourth-order valence-electron chi connectivity index (χ4n) is 3.44. The van der Waals surface area contributed by atoms with Gasteiger partial charge in [0.2, 0.25) is 0 Å². The molecule has 0 saturated heterocycles. The third kappa shape index (κ3) is 4.11. The lowest BCUT2D eigenvalue weighted by molar-refractivity contribution is 0.0697. The Morgan fingerprint density at radius 1 is 0.567 bits per heavy atom. The predicted molar refractivity (Wildman–Crippen MR) is 123 cm³/mol. The molecule has 1 N–H and O–H groups in total. The molecule has 0 fully saturated rings. The molecular formula is C27H23NO2. The van der Waals surface area contributed by atoms with Crippen molar-refractivity contribution in [2.24, 2.45) is 0 Å². The van der Waals surface area contributed by atoms with Crippen molar-refractivity contribution >= 4 is 23.0 Å². The zero-order valence-corrected chi connectivity index (χ0v) is 17.0. The predicted octanol–water partition coefficient (Wildman–Crippen LogP) is 7.14. The highest BCUT2D eigenvalue weighted by Crippen LogP contribution is 2.35. The lowest BCUT2D eigenvalue weighted by Gasteiger charge is -2.26. The van der Waals surface area contributed by atoms with Crippen molar-refractivity contribution in [3.8, 4) is 11.1 Å². The molecule has 30 heavy (non-hydrogen) atoms. The summed E-state index contributed by atoms with van der Waals surface area (Å²) in [4.78, 5) is 13.3. The molecule has 0 aliphatic heterocycles. The number of aryl methyl sites for hydroxylation is 2. The largest absolute Gasteiger partial charge is 0.478 e. The van der Waals surface area contributed by atoms with Gasteiger partial charge < -0.3 is 10.0 Å². The van der Waals surface area contributed by atoms with Crippen LogP contribution < -0.4 is 4.90 Å². The highest BCUT2D eigenvalue weighted by molar-refractivity contribution is 5.88. The number of benzene rings is 4. The first-order valence-corrected chi connectivity index (χ1v) is 9.88. The van der Waals surface area contributed by atoms with Crippen LogP contribution in [-0.2, 0) is 0 Å². The summed E-state index contributed by atoms with van der Waals surface area (Å²) in [6.45, 7) is 4.18. The minimum atomic E-state index is -0.913. The first-order chi connectivity index (χ1) is 14.5. The number of nitrogens with zero attached hydrogens (tertiary/aromatic N) is 1. The summed E-state index contributed by atoms with van der Waals surface area (Å²) in [6, 6.07) is 32.3. The number of carbonyl (C=O) groups is 1. The van der Waals surface area contributed by atoms with Crippen molar-refractivity contribution in [1.29, 1.82) is 0 Å². The van der Waals surface area contributed by atoms with E-state index in [0.717, 1.165) is 28.2 Å². The highest BCUT2D eigenvalue weighted by Gasteiger charge is 2.12. The Labute approximate surface area is 176 Å². The molecule has 3 nitrogen and oxygen atoms in total. The second-order valence-corrected chi connectivity index (χ2v) is 7.44. The summed E-state index contributed by atoms with van der Waals surface area (Å²) < 4.78 is 0. The van der Waals surface area contributed by atoms with Crippen molar-refractivity contribution in [3.63, 3.8) is 0 Å². The summed E-state index contributed by atoms with van der Waals surface area (Å²) in [6.07, 6.45) is 0. The average Bonchev–Trinajstić information content (AvgIpc) is 2.77. The zero-order valence-electron chi connectivity index (χ0n) is 17.0. The lowest BCUT2D eigenvalue weighted by atomic mass is 10.0. The van der Waals surface area contributed by atoms with Gasteiger partial charge in [0.25, 0.3) is 0 Å². The molecule has 4 aromatic rings. The Morgan fingerprint density at radius 2 is 0.900 bits per heavy atom. The first-order valence-electron chi connectivity index (χ1n) is 9.88. The van der Waals surface area contributed by atoms with E-state index in [-0.39, 0.29) is 0 Å². The van der Waals surface area contributed by atoms with E-state index in [2.05, 4.69) is 91.5 Å². The van der Waals surface area contributed by atoms with Crippen LogP contribution in [0.1, 0.15) is 21.5 Å².